The van der Waals surface area contributed by atoms with E-state index in [0.29, 0.717) is 5.02 Å². The van der Waals surface area contributed by atoms with Crippen molar-refractivity contribution in [3.8, 4) is 16.8 Å². The lowest BCUT2D eigenvalue weighted by Gasteiger charge is -2.31. The quantitative estimate of drug-likeness (QED) is 0.518. The highest BCUT2D eigenvalue weighted by atomic mass is 35.5. The fourth-order valence-electron chi connectivity index (χ4n) is 4.33. The number of fused-ring (bicyclic) bond motifs is 1. The van der Waals surface area contributed by atoms with Gasteiger partial charge < -0.3 is 10.6 Å². The first-order chi connectivity index (χ1) is 15.1. The van der Waals surface area contributed by atoms with Crippen molar-refractivity contribution >= 4 is 34.4 Å². The van der Waals surface area contributed by atoms with Crippen molar-refractivity contribution in [2.75, 3.05) is 18.0 Å². The summed E-state index contributed by atoms with van der Waals surface area (Å²) in [5, 5.41) is 1.63. The zero-order chi connectivity index (χ0) is 21.4. The summed E-state index contributed by atoms with van der Waals surface area (Å²) in [6.07, 6.45) is 5.13. The van der Waals surface area contributed by atoms with Gasteiger partial charge in [-0.25, -0.2) is 9.97 Å². The van der Waals surface area contributed by atoms with Gasteiger partial charge >= 0.3 is 0 Å². The first-order valence-corrected chi connectivity index (χ1v) is 10.7. The maximum absolute atomic E-state index is 11.6. The van der Waals surface area contributed by atoms with E-state index in [1.54, 1.807) is 6.33 Å². The average molecular weight is 432 g/mol. The predicted molar refractivity (Wildman–Crippen MR) is 123 cm³/mol. The third-order valence-electron chi connectivity index (χ3n) is 5.96. The first kappa shape index (κ1) is 19.6. The Bertz CT molecular complexity index is 1250. The van der Waals surface area contributed by atoms with Gasteiger partial charge in [0, 0.05) is 30.8 Å². The van der Waals surface area contributed by atoms with Crippen LogP contribution in [0.1, 0.15) is 12.8 Å². The molecular weight excluding hydrogens is 410 g/mol. The molecular formula is C24H22ClN5O. The largest absolute Gasteiger partial charge is 0.369 e. The van der Waals surface area contributed by atoms with Crippen LogP contribution in [0.25, 0.3) is 27.8 Å². The molecule has 0 aliphatic carbocycles. The van der Waals surface area contributed by atoms with Gasteiger partial charge in [-0.2, -0.15) is 0 Å². The number of nitrogens with two attached hydrogens (primary N) is 1. The molecule has 7 heteroatoms. The lowest BCUT2D eigenvalue weighted by atomic mass is 9.96. The van der Waals surface area contributed by atoms with Crippen LogP contribution in [0.15, 0.2) is 67.1 Å². The van der Waals surface area contributed by atoms with Gasteiger partial charge in [0.15, 0.2) is 5.65 Å². The van der Waals surface area contributed by atoms with Crippen LogP contribution in [0, 0.1) is 5.92 Å². The molecule has 31 heavy (non-hydrogen) atoms. The van der Waals surface area contributed by atoms with Crippen molar-refractivity contribution in [3.63, 3.8) is 0 Å². The lowest BCUT2D eigenvalue weighted by molar-refractivity contribution is -0.122. The molecule has 3 heterocycles. The minimum atomic E-state index is -0.220. The number of primary amides is 1. The van der Waals surface area contributed by atoms with Crippen molar-refractivity contribution < 1.29 is 4.79 Å². The molecule has 4 aromatic rings. The van der Waals surface area contributed by atoms with E-state index in [1.807, 2.05) is 47.0 Å². The third-order valence-corrected chi connectivity index (χ3v) is 6.28. The van der Waals surface area contributed by atoms with Crippen molar-refractivity contribution in [2.24, 2.45) is 11.7 Å². The van der Waals surface area contributed by atoms with Gasteiger partial charge in [0.2, 0.25) is 5.91 Å². The number of benzene rings is 2. The summed E-state index contributed by atoms with van der Waals surface area (Å²) in [7, 11) is 0. The molecule has 1 saturated heterocycles. The highest BCUT2D eigenvalue weighted by molar-refractivity contribution is 6.32. The summed E-state index contributed by atoms with van der Waals surface area (Å²) in [6, 6.07) is 18.0. The van der Waals surface area contributed by atoms with Gasteiger partial charge in [0.05, 0.1) is 16.1 Å². The van der Waals surface area contributed by atoms with Gasteiger partial charge in [-0.05, 0) is 30.5 Å². The number of halogens is 1. The molecule has 156 valence electrons. The van der Waals surface area contributed by atoms with E-state index in [2.05, 4.69) is 33.2 Å². The Morgan fingerprint density at radius 1 is 1.00 bits per heavy atom. The number of carbonyl (C=O) groups excluding carboxylic acids is 1. The molecule has 6 nitrogen and oxygen atoms in total. The fraction of sp³-hybridized carbons (Fsp3) is 0.208. The van der Waals surface area contributed by atoms with Crippen LogP contribution in [0.3, 0.4) is 0 Å². The van der Waals surface area contributed by atoms with Crippen LogP contribution < -0.4 is 10.6 Å². The Morgan fingerprint density at radius 2 is 1.71 bits per heavy atom. The molecule has 0 saturated carbocycles. The average Bonchev–Trinajstić information content (AvgIpc) is 3.20. The minimum Gasteiger partial charge on any atom is -0.369 e. The summed E-state index contributed by atoms with van der Waals surface area (Å²) in [5.74, 6) is 0.579. The van der Waals surface area contributed by atoms with Crippen LogP contribution in [0.5, 0.6) is 0 Å². The Kier molecular flexibility index (Phi) is 5.08. The van der Waals surface area contributed by atoms with Gasteiger partial charge in [-0.1, -0.05) is 54.1 Å². The highest BCUT2D eigenvalue weighted by Gasteiger charge is 2.27. The lowest BCUT2D eigenvalue weighted by Crippen LogP contribution is -2.39. The molecule has 0 bridgehead atoms. The Hall–Kier alpha value is -3.38. The molecule has 0 atom stereocenters. The molecule has 0 unspecified atom stereocenters. The van der Waals surface area contributed by atoms with E-state index in [9.17, 15) is 4.79 Å². The van der Waals surface area contributed by atoms with E-state index >= 15 is 0 Å². The standard InChI is InChI=1S/C24H22ClN5O/c25-19-8-4-5-9-20(19)30-14-18(16-6-2-1-3-7-16)21-23(27-15-28-24(21)30)29-12-10-17(11-13-29)22(26)31/h1-9,14-15,17H,10-13H2,(H2,26,31). The number of amides is 1. The first-order valence-electron chi connectivity index (χ1n) is 10.3. The van der Waals surface area contributed by atoms with Gasteiger partial charge in [0.25, 0.3) is 0 Å². The zero-order valence-electron chi connectivity index (χ0n) is 16.9. The summed E-state index contributed by atoms with van der Waals surface area (Å²) in [4.78, 5) is 23.1. The summed E-state index contributed by atoms with van der Waals surface area (Å²) in [5.41, 5.74) is 9.32. The second-order valence-electron chi connectivity index (χ2n) is 7.79. The molecule has 2 aromatic heterocycles. The van der Waals surface area contributed by atoms with Crippen LogP contribution >= 0.6 is 11.6 Å². The molecule has 5 rings (SSSR count). The van der Waals surface area contributed by atoms with Gasteiger partial charge in [-0.15, -0.1) is 0 Å². The van der Waals surface area contributed by atoms with Crippen LogP contribution in [0.2, 0.25) is 5.02 Å². The fourth-order valence-corrected chi connectivity index (χ4v) is 4.56. The SMILES string of the molecule is NC(=O)C1CCN(c2ncnc3c2c(-c2ccccc2)cn3-c2ccccc2Cl)CC1. The van der Waals surface area contributed by atoms with Crippen LogP contribution in [-0.2, 0) is 4.79 Å². The van der Waals surface area contributed by atoms with E-state index in [4.69, 9.17) is 17.3 Å². The zero-order valence-corrected chi connectivity index (χ0v) is 17.7. The predicted octanol–water partition coefficient (Wildman–Crippen LogP) is 4.44. The molecule has 2 aromatic carbocycles. The van der Waals surface area contributed by atoms with E-state index < -0.39 is 0 Å². The van der Waals surface area contributed by atoms with Crippen molar-refractivity contribution in [3.05, 3.63) is 72.1 Å². The van der Waals surface area contributed by atoms with Crippen LogP contribution in [-0.4, -0.2) is 33.5 Å². The summed E-state index contributed by atoms with van der Waals surface area (Å²) >= 11 is 6.53. The molecule has 1 fully saturated rings. The van der Waals surface area contributed by atoms with Crippen molar-refractivity contribution in [1.82, 2.24) is 14.5 Å². The summed E-state index contributed by atoms with van der Waals surface area (Å²) < 4.78 is 2.03. The maximum Gasteiger partial charge on any atom is 0.220 e. The topological polar surface area (TPSA) is 77.0 Å². The molecule has 1 aliphatic heterocycles. The normalized spacial score (nSPS) is 14.8. The number of rotatable bonds is 4. The Balaban J connectivity index is 1.70. The molecule has 0 radical (unpaired) electrons. The number of para-hydroxylation sites is 1. The third kappa shape index (κ3) is 3.53. The second-order valence-corrected chi connectivity index (χ2v) is 8.20. The minimum absolute atomic E-state index is 0.0742. The second kappa shape index (κ2) is 8.04. The number of anilines is 1. The number of hydrogen-bond acceptors (Lipinski definition) is 4. The number of aromatic nitrogens is 3. The Morgan fingerprint density at radius 3 is 2.42 bits per heavy atom. The van der Waals surface area contributed by atoms with Gasteiger partial charge in [0.1, 0.15) is 12.1 Å². The highest BCUT2D eigenvalue weighted by Crippen LogP contribution is 2.38. The van der Waals surface area contributed by atoms with Crippen molar-refractivity contribution in [2.45, 2.75) is 12.8 Å². The van der Waals surface area contributed by atoms with Crippen LogP contribution in [0.4, 0.5) is 5.82 Å². The monoisotopic (exact) mass is 431 g/mol. The number of hydrogen-bond donors (Lipinski definition) is 1. The van der Waals surface area contributed by atoms with E-state index in [-0.39, 0.29) is 11.8 Å². The summed E-state index contributed by atoms with van der Waals surface area (Å²) in [6.45, 7) is 1.45. The van der Waals surface area contributed by atoms with Gasteiger partial charge in [-0.3, -0.25) is 9.36 Å². The maximum atomic E-state index is 11.6. The molecule has 1 amide bonds. The van der Waals surface area contributed by atoms with E-state index in [0.717, 1.165) is 59.6 Å². The van der Waals surface area contributed by atoms with E-state index in [1.165, 1.54) is 0 Å². The smallest absolute Gasteiger partial charge is 0.220 e. The van der Waals surface area contributed by atoms with Crippen molar-refractivity contribution in [1.29, 1.82) is 0 Å². The number of nitrogens with zero attached hydrogens (tertiary/aromatic N) is 4. The molecule has 0 spiro atoms. The Labute approximate surface area is 185 Å². The molecule has 1 aliphatic rings. The number of carbonyl (C=O) groups is 1. The number of piperidine rings is 1. The molecule has 2 N–H and O–H groups in total.